The van der Waals surface area contributed by atoms with Crippen LogP contribution in [0.15, 0.2) is 26.2 Å². The molecule has 0 saturated heterocycles. The average molecular weight is 372 g/mol. The maximum atomic E-state index is 12.6. The van der Waals surface area contributed by atoms with Gasteiger partial charge in [0.25, 0.3) is 5.56 Å². The molecule has 0 amide bonds. The lowest BCUT2D eigenvalue weighted by molar-refractivity contribution is 0.776. The van der Waals surface area contributed by atoms with Crippen LogP contribution in [-0.4, -0.2) is 9.55 Å². The topological polar surface area (TPSA) is 54.9 Å². The molecular weight excluding hydrogens is 356 g/mol. The van der Waals surface area contributed by atoms with Crippen LogP contribution in [-0.2, 0) is 0 Å². The number of nitrogens with one attached hydrogen (secondary N) is 1. The molecule has 0 aliphatic heterocycles. The van der Waals surface area contributed by atoms with E-state index in [0.717, 1.165) is 20.2 Å². The van der Waals surface area contributed by atoms with Crippen LogP contribution in [0.1, 0.15) is 36.5 Å². The minimum Gasteiger partial charge on any atom is -0.297 e. The van der Waals surface area contributed by atoms with Gasteiger partial charge in [-0.2, -0.15) is 0 Å². The Hall–Kier alpha value is -1.33. The molecular formula is C15H16BrClN2O2. The van der Waals surface area contributed by atoms with Crippen LogP contribution in [0.4, 0.5) is 0 Å². The Balaban J connectivity index is 2.85. The first kappa shape index (κ1) is 16.0. The SMILES string of the molecule is Cc1cc(-n2c(=O)[nH]c(Cl)c(C(C)C)c2=O)cc(C)c1Br. The third-order valence-electron chi connectivity index (χ3n) is 3.35. The molecule has 4 nitrogen and oxygen atoms in total. The van der Waals surface area contributed by atoms with E-state index in [4.69, 9.17) is 11.6 Å². The summed E-state index contributed by atoms with van der Waals surface area (Å²) in [6.45, 7) is 7.56. The van der Waals surface area contributed by atoms with E-state index in [1.54, 1.807) is 12.1 Å². The van der Waals surface area contributed by atoms with Crippen LogP contribution in [0.5, 0.6) is 0 Å². The Morgan fingerprint density at radius 3 is 2.19 bits per heavy atom. The van der Waals surface area contributed by atoms with Gasteiger partial charge in [0.05, 0.1) is 11.3 Å². The molecule has 1 N–H and O–H groups in total. The fraction of sp³-hybridized carbons (Fsp3) is 0.333. The van der Waals surface area contributed by atoms with Crippen molar-refractivity contribution in [2.24, 2.45) is 0 Å². The first-order chi connectivity index (χ1) is 9.73. The number of halogens is 2. The molecule has 0 fully saturated rings. The molecule has 0 aliphatic rings. The molecule has 1 aromatic carbocycles. The summed E-state index contributed by atoms with van der Waals surface area (Å²) in [6.07, 6.45) is 0. The molecule has 1 aromatic heterocycles. The van der Waals surface area contributed by atoms with Crippen LogP contribution >= 0.6 is 27.5 Å². The second-order valence-electron chi connectivity index (χ2n) is 5.35. The minimum atomic E-state index is -0.532. The Labute approximate surface area is 135 Å². The number of H-pyrrole nitrogens is 1. The molecule has 0 bridgehead atoms. The smallest absolute Gasteiger partial charge is 0.297 e. The highest BCUT2D eigenvalue weighted by molar-refractivity contribution is 9.10. The Morgan fingerprint density at radius 2 is 1.71 bits per heavy atom. The van der Waals surface area contributed by atoms with Gasteiger partial charge in [0.2, 0.25) is 0 Å². The molecule has 6 heteroatoms. The third-order valence-corrected chi connectivity index (χ3v) is 4.90. The van der Waals surface area contributed by atoms with Crippen molar-refractivity contribution in [2.75, 3.05) is 0 Å². The summed E-state index contributed by atoms with van der Waals surface area (Å²) >= 11 is 9.48. The summed E-state index contributed by atoms with van der Waals surface area (Å²) in [5.74, 6) is -0.0780. The first-order valence-electron chi connectivity index (χ1n) is 6.56. The molecule has 21 heavy (non-hydrogen) atoms. The lowest BCUT2D eigenvalue weighted by Gasteiger charge is -2.13. The Kier molecular flexibility index (Phi) is 4.44. The Morgan fingerprint density at radius 1 is 1.19 bits per heavy atom. The van der Waals surface area contributed by atoms with Gasteiger partial charge in [-0.05, 0) is 43.0 Å². The number of benzene rings is 1. The van der Waals surface area contributed by atoms with Crippen molar-refractivity contribution >= 4 is 27.5 Å². The monoisotopic (exact) mass is 370 g/mol. The summed E-state index contributed by atoms with van der Waals surface area (Å²) in [5.41, 5.74) is 1.96. The zero-order valence-electron chi connectivity index (χ0n) is 12.3. The van der Waals surface area contributed by atoms with E-state index >= 15 is 0 Å². The Bertz CT molecular complexity index is 798. The zero-order valence-corrected chi connectivity index (χ0v) is 14.6. The quantitative estimate of drug-likeness (QED) is 0.819. The number of rotatable bonds is 2. The van der Waals surface area contributed by atoms with Crippen LogP contribution in [0.3, 0.4) is 0 Å². The molecule has 0 aliphatic carbocycles. The van der Waals surface area contributed by atoms with Gasteiger partial charge in [-0.3, -0.25) is 9.78 Å². The van der Waals surface area contributed by atoms with Crippen molar-refractivity contribution < 1.29 is 0 Å². The van der Waals surface area contributed by atoms with Crippen molar-refractivity contribution in [1.29, 1.82) is 0 Å². The van der Waals surface area contributed by atoms with Crippen molar-refractivity contribution in [1.82, 2.24) is 9.55 Å². The van der Waals surface area contributed by atoms with Gasteiger partial charge in [0, 0.05) is 4.47 Å². The number of hydrogen-bond donors (Lipinski definition) is 1. The van der Waals surface area contributed by atoms with Gasteiger partial charge < -0.3 is 0 Å². The summed E-state index contributed by atoms with van der Waals surface area (Å²) in [5, 5.41) is 0.113. The second kappa shape index (κ2) is 5.81. The standard InChI is InChI=1S/C15H16BrClN2O2/c1-7(2)11-13(17)18-15(21)19(14(11)20)10-5-8(3)12(16)9(4)6-10/h5-7H,1-4H3,(H,18,21). The average Bonchev–Trinajstić information content (AvgIpc) is 2.34. The summed E-state index contributed by atoms with van der Waals surface area (Å²) < 4.78 is 2.10. The van der Waals surface area contributed by atoms with Crippen molar-refractivity contribution in [3.8, 4) is 5.69 Å². The summed E-state index contributed by atoms with van der Waals surface area (Å²) in [4.78, 5) is 27.3. The van der Waals surface area contributed by atoms with E-state index in [2.05, 4.69) is 20.9 Å². The van der Waals surface area contributed by atoms with E-state index in [-0.39, 0.29) is 16.6 Å². The van der Waals surface area contributed by atoms with Crippen LogP contribution in [0.25, 0.3) is 5.69 Å². The van der Waals surface area contributed by atoms with Gasteiger partial charge >= 0.3 is 5.69 Å². The molecule has 0 unspecified atom stereocenters. The van der Waals surface area contributed by atoms with E-state index in [0.29, 0.717) is 11.3 Å². The van der Waals surface area contributed by atoms with Crippen molar-refractivity contribution in [3.05, 3.63) is 59.3 Å². The molecule has 2 aromatic rings. The third kappa shape index (κ3) is 2.85. The largest absolute Gasteiger partial charge is 0.334 e. The number of aryl methyl sites for hydroxylation is 2. The molecule has 0 atom stereocenters. The van der Waals surface area contributed by atoms with E-state index in [9.17, 15) is 9.59 Å². The number of aromatic nitrogens is 2. The normalized spacial score (nSPS) is 11.2. The number of hydrogen-bond acceptors (Lipinski definition) is 2. The summed E-state index contributed by atoms with van der Waals surface area (Å²) in [7, 11) is 0. The first-order valence-corrected chi connectivity index (χ1v) is 7.73. The zero-order chi connectivity index (χ0) is 15.9. The predicted molar refractivity (Wildman–Crippen MR) is 88.9 cm³/mol. The summed E-state index contributed by atoms with van der Waals surface area (Å²) in [6, 6.07) is 3.59. The van der Waals surface area contributed by atoms with Gasteiger partial charge in [-0.1, -0.05) is 41.4 Å². The fourth-order valence-corrected chi connectivity index (χ4v) is 2.92. The highest BCUT2D eigenvalue weighted by Crippen LogP contribution is 2.24. The highest BCUT2D eigenvalue weighted by atomic mass is 79.9. The second-order valence-corrected chi connectivity index (χ2v) is 6.52. The number of nitrogens with zero attached hydrogens (tertiary/aromatic N) is 1. The van der Waals surface area contributed by atoms with Crippen molar-refractivity contribution in [3.63, 3.8) is 0 Å². The van der Waals surface area contributed by atoms with E-state index < -0.39 is 5.69 Å². The van der Waals surface area contributed by atoms with Crippen LogP contribution in [0, 0.1) is 13.8 Å². The van der Waals surface area contributed by atoms with Gasteiger partial charge in [0.15, 0.2) is 0 Å². The lowest BCUT2D eigenvalue weighted by Crippen LogP contribution is -2.36. The van der Waals surface area contributed by atoms with E-state index in [1.807, 2.05) is 27.7 Å². The number of aromatic amines is 1. The van der Waals surface area contributed by atoms with Gasteiger partial charge in [-0.25, -0.2) is 9.36 Å². The minimum absolute atomic E-state index is 0.0780. The van der Waals surface area contributed by atoms with Gasteiger partial charge in [-0.15, -0.1) is 0 Å². The molecule has 0 spiro atoms. The fourth-order valence-electron chi connectivity index (χ4n) is 2.31. The highest BCUT2D eigenvalue weighted by Gasteiger charge is 2.17. The molecule has 1 heterocycles. The molecule has 0 saturated carbocycles. The van der Waals surface area contributed by atoms with E-state index in [1.165, 1.54) is 0 Å². The van der Waals surface area contributed by atoms with Crippen LogP contribution < -0.4 is 11.2 Å². The molecule has 112 valence electrons. The van der Waals surface area contributed by atoms with Crippen molar-refractivity contribution in [2.45, 2.75) is 33.6 Å². The predicted octanol–water partition coefficient (Wildman–Crippen LogP) is 3.68. The molecule has 0 radical (unpaired) electrons. The van der Waals surface area contributed by atoms with Gasteiger partial charge in [0.1, 0.15) is 5.15 Å². The lowest BCUT2D eigenvalue weighted by atomic mass is 10.1. The van der Waals surface area contributed by atoms with Crippen LogP contribution in [0.2, 0.25) is 5.15 Å². The maximum Gasteiger partial charge on any atom is 0.334 e. The molecule has 2 rings (SSSR count). The maximum absolute atomic E-state index is 12.6.